The maximum Gasteiger partial charge on any atom is 0.271 e. The van der Waals surface area contributed by atoms with Crippen LogP contribution in [0.25, 0.3) is 10.8 Å². The van der Waals surface area contributed by atoms with Gasteiger partial charge in [0, 0.05) is 5.56 Å². The van der Waals surface area contributed by atoms with Gasteiger partial charge in [0.1, 0.15) is 18.1 Å². The number of nitrogens with zero attached hydrogens (tertiary/aromatic N) is 1. The van der Waals surface area contributed by atoms with Gasteiger partial charge < -0.3 is 9.47 Å². The van der Waals surface area contributed by atoms with Gasteiger partial charge in [0.15, 0.2) is 0 Å². The minimum atomic E-state index is -0.275. The first-order chi connectivity index (χ1) is 17.0. The van der Waals surface area contributed by atoms with Crippen molar-refractivity contribution in [2.24, 2.45) is 5.10 Å². The molecular formula is C28H24I2N2O3. The molecule has 0 aromatic heterocycles. The zero-order valence-electron chi connectivity index (χ0n) is 19.1. The van der Waals surface area contributed by atoms with Crippen LogP contribution < -0.4 is 14.9 Å². The van der Waals surface area contributed by atoms with Crippen molar-refractivity contribution < 1.29 is 14.3 Å². The van der Waals surface area contributed by atoms with Crippen molar-refractivity contribution in [3.8, 4) is 11.5 Å². The van der Waals surface area contributed by atoms with E-state index in [1.54, 1.807) is 30.5 Å². The third-order valence-electron chi connectivity index (χ3n) is 5.24. The molecule has 0 fully saturated rings. The van der Waals surface area contributed by atoms with Gasteiger partial charge in [0.25, 0.3) is 5.91 Å². The van der Waals surface area contributed by atoms with E-state index in [1.165, 1.54) is 10.8 Å². The van der Waals surface area contributed by atoms with Gasteiger partial charge in [0.05, 0.1) is 20.0 Å². The summed E-state index contributed by atoms with van der Waals surface area (Å²) in [5, 5.41) is 6.52. The highest BCUT2D eigenvalue weighted by Crippen LogP contribution is 2.30. The lowest BCUT2D eigenvalue weighted by atomic mass is 10.1. The first-order valence-corrected chi connectivity index (χ1v) is 13.4. The number of halogens is 2. The third-order valence-corrected chi connectivity index (χ3v) is 6.84. The lowest BCUT2D eigenvalue weighted by Gasteiger charge is -2.13. The molecule has 4 rings (SSSR count). The summed E-state index contributed by atoms with van der Waals surface area (Å²) in [6, 6.07) is 25.6. The van der Waals surface area contributed by atoms with Crippen molar-refractivity contribution in [1.29, 1.82) is 0 Å². The fraction of sp³-hybridized carbons (Fsp3) is 0.143. The molecule has 4 aromatic rings. The molecule has 0 saturated heterocycles. The number of amides is 1. The maximum atomic E-state index is 12.4. The van der Waals surface area contributed by atoms with Crippen molar-refractivity contribution in [2.45, 2.75) is 20.0 Å². The van der Waals surface area contributed by atoms with Crippen molar-refractivity contribution in [1.82, 2.24) is 5.43 Å². The summed E-state index contributed by atoms with van der Waals surface area (Å²) >= 11 is 4.54. The van der Waals surface area contributed by atoms with Gasteiger partial charge in [-0.2, -0.15) is 5.10 Å². The molecule has 0 bridgehead atoms. The van der Waals surface area contributed by atoms with Gasteiger partial charge in [-0.1, -0.05) is 49.4 Å². The number of hydrogen-bond donors (Lipinski definition) is 1. The minimum Gasteiger partial charge on any atom is -0.494 e. The van der Waals surface area contributed by atoms with Crippen molar-refractivity contribution in [2.75, 3.05) is 6.61 Å². The summed E-state index contributed by atoms with van der Waals surface area (Å²) in [7, 11) is 0. The monoisotopic (exact) mass is 690 g/mol. The number of hydrazone groups is 1. The first kappa shape index (κ1) is 25.4. The van der Waals surface area contributed by atoms with Crippen LogP contribution in [-0.4, -0.2) is 18.7 Å². The molecule has 0 atom stereocenters. The number of carbonyl (C=O) groups is 1. The van der Waals surface area contributed by atoms with Crippen LogP contribution in [0, 0.1) is 7.14 Å². The van der Waals surface area contributed by atoms with Crippen LogP contribution in [0.1, 0.15) is 34.8 Å². The summed E-state index contributed by atoms with van der Waals surface area (Å²) < 4.78 is 13.7. The smallest absolute Gasteiger partial charge is 0.271 e. The lowest BCUT2D eigenvalue weighted by Crippen LogP contribution is -2.17. The summed E-state index contributed by atoms with van der Waals surface area (Å²) in [4.78, 5) is 12.4. The molecule has 1 amide bonds. The Hall–Kier alpha value is -2.66. The van der Waals surface area contributed by atoms with Crippen LogP contribution >= 0.6 is 45.2 Å². The Kier molecular flexibility index (Phi) is 8.97. The molecule has 0 unspecified atom stereocenters. The average molecular weight is 690 g/mol. The highest BCUT2D eigenvalue weighted by atomic mass is 127. The zero-order chi connectivity index (χ0) is 24.6. The highest BCUT2D eigenvalue weighted by molar-refractivity contribution is 14.1. The molecule has 35 heavy (non-hydrogen) atoms. The molecule has 0 spiro atoms. The van der Waals surface area contributed by atoms with Crippen molar-refractivity contribution >= 4 is 68.1 Å². The number of fused-ring (bicyclic) bond motifs is 1. The Morgan fingerprint density at radius 1 is 0.943 bits per heavy atom. The van der Waals surface area contributed by atoms with Crippen LogP contribution in [0.15, 0.2) is 84.0 Å². The van der Waals surface area contributed by atoms with E-state index in [2.05, 4.69) is 93.0 Å². The fourth-order valence-electron chi connectivity index (χ4n) is 3.51. The van der Waals surface area contributed by atoms with Gasteiger partial charge >= 0.3 is 0 Å². The number of carbonyl (C=O) groups excluding carboxylic acids is 1. The molecule has 1 N–H and O–H groups in total. The van der Waals surface area contributed by atoms with E-state index < -0.39 is 0 Å². The molecule has 0 aliphatic rings. The topological polar surface area (TPSA) is 59.9 Å². The lowest BCUT2D eigenvalue weighted by molar-refractivity contribution is 0.0955. The number of nitrogens with one attached hydrogen (secondary N) is 1. The largest absolute Gasteiger partial charge is 0.494 e. The Morgan fingerprint density at radius 3 is 2.40 bits per heavy atom. The fourth-order valence-corrected chi connectivity index (χ4v) is 5.64. The summed E-state index contributed by atoms with van der Waals surface area (Å²) in [6.45, 7) is 3.19. The molecular weight excluding hydrogens is 666 g/mol. The van der Waals surface area contributed by atoms with Crippen LogP contribution in [0.3, 0.4) is 0 Å². The van der Waals surface area contributed by atoms with E-state index in [0.717, 1.165) is 36.2 Å². The molecule has 4 aromatic carbocycles. The number of rotatable bonds is 9. The molecule has 0 aliphatic carbocycles. The molecule has 178 valence electrons. The van der Waals surface area contributed by atoms with Crippen molar-refractivity contribution in [3.05, 3.63) is 103 Å². The highest BCUT2D eigenvalue weighted by Gasteiger charge is 2.10. The summed E-state index contributed by atoms with van der Waals surface area (Å²) in [6.07, 6.45) is 2.57. The molecule has 7 heteroatoms. The first-order valence-electron chi connectivity index (χ1n) is 11.2. The number of hydrogen-bond acceptors (Lipinski definition) is 4. The minimum absolute atomic E-state index is 0.275. The maximum absolute atomic E-state index is 12.4. The second-order valence-electron chi connectivity index (χ2n) is 7.81. The van der Waals surface area contributed by atoms with Gasteiger partial charge in [-0.05, 0) is 110 Å². The van der Waals surface area contributed by atoms with Gasteiger partial charge in [-0.15, -0.1) is 0 Å². The second kappa shape index (κ2) is 12.3. The Bertz CT molecular complexity index is 1330. The van der Waals surface area contributed by atoms with Crippen LogP contribution in [0.2, 0.25) is 0 Å². The normalized spacial score (nSPS) is 11.1. The van der Waals surface area contributed by atoms with Gasteiger partial charge in [-0.25, -0.2) is 5.43 Å². The quantitative estimate of drug-likeness (QED) is 0.115. The SMILES string of the molecule is CCCOc1ccc(C(=O)N/N=C\c2cc(I)c(OCc3cccc4ccccc34)c(I)c2)cc1. The summed E-state index contributed by atoms with van der Waals surface area (Å²) in [5.41, 5.74) is 5.12. The third kappa shape index (κ3) is 6.72. The predicted molar refractivity (Wildman–Crippen MR) is 157 cm³/mol. The average Bonchev–Trinajstić information content (AvgIpc) is 2.87. The van der Waals surface area contributed by atoms with Crippen LogP contribution in [0.4, 0.5) is 0 Å². The summed E-state index contributed by atoms with van der Waals surface area (Å²) in [5.74, 6) is 1.31. The Labute approximate surface area is 232 Å². The molecule has 0 radical (unpaired) electrons. The molecule has 0 heterocycles. The van der Waals surface area contributed by atoms with E-state index in [9.17, 15) is 4.79 Å². The molecule has 0 aliphatic heterocycles. The van der Waals surface area contributed by atoms with E-state index in [-0.39, 0.29) is 5.91 Å². The van der Waals surface area contributed by atoms with Gasteiger partial charge in [-0.3, -0.25) is 4.79 Å². The number of benzene rings is 4. The van der Waals surface area contributed by atoms with E-state index >= 15 is 0 Å². The second-order valence-corrected chi connectivity index (χ2v) is 10.1. The van der Waals surface area contributed by atoms with E-state index in [1.807, 2.05) is 24.3 Å². The predicted octanol–water partition coefficient (Wildman–Crippen LogP) is 7.18. The van der Waals surface area contributed by atoms with E-state index in [4.69, 9.17) is 9.47 Å². The molecule has 0 saturated carbocycles. The Morgan fingerprint density at radius 2 is 1.66 bits per heavy atom. The zero-order valence-corrected chi connectivity index (χ0v) is 23.4. The Balaban J connectivity index is 1.38. The van der Waals surface area contributed by atoms with E-state index in [0.29, 0.717) is 18.8 Å². The van der Waals surface area contributed by atoms with Crippen molar-refractivity contribution in [3.63, 3.8) is 0 Å². The number of ether oxygens (including phenoxy) is 2. The van der Waals surface area contributed by atoms with Crippen LogP contribution in [0.5, 0.6) is 11.5 Å². The van der Waals surface area contributed by atoms with Crippen LogP contribution in [-0.2, 0) is 6.61 Å². The molecule has 5 nitrogen and oxygen atoms in total. The van der Waals surface area contributed by atoms with Gasteiger partial charge in [0.2, 0.25) is 0 Å². The standard InChI is InChI=1S/C28H24I2N2O3/c1-2-14-34-23-12-10-21(11-13-23)28(33)32-31-17-19-15-25(29)27(26(30)16-19)35-18-22-8-5-7-20-6-3-4-9-24(20)22/h3-13,15-17H,2,14,18H2,1H3,(H,32,33)/b31-17-.